The molecule has 0 fully saturated rings. The Morgan fingerprint density at radius 2 is 1.16 bits per heavy atom. The predicted octanol–water partition coefficient (Wildman–Crippen LogP) is 6.10. The summed E-state index contributed by atoms with van der Waals surface area (Å²) in [7, 11) is 6.21. The molecule has 44 heavy (non-hydrogen) atoms. The lowest BCUT2D eigenvalue weighted by atomic mass is 10.2. The van der Waals surface area contributed by atoms with Gasteiger partial charge in [0.25, 0.3) is 11.1 Å². The summed E-state index contributed by atoms with van der Waals surface area (Å²) >= 11 is 13.0. The Kier molecular flexibility index (Phi) is 11.3. The molecule has 0 spiro atoms. The van der Waals surface area contributed by atoms with E-state index in [1.165, 1.54) is 35.8 Å². The number of hydrogen-bond donors (Lipinski definition) is 0. The van der Waals surface area contributed by atoms with E-state index >= 15 is 0 Å². The van der Waals surface area contributed by atoms with Gasteiger partial charge in [0, 0.05) is 47.7 Å². The molecular weight excluding hydrogens is 627 g/mol. The maximum Gasteiger partial charge on any atom is 0.292 e. The first kappa shape index (κ1) is 32.5. The van der Waals surface area contributed by atoms with Crippen LogP contribution >= 0.6 is 35.0 Å². The van der Waals surface area contributed by atoms with Crippen molar-refractivity contribution in [1.82, 2.24) is 19.1 Å². The van der Waals surface area contributed by atoms with Crippen LogP contribution in [0, 0.1) is 0 Å². The van der Waals surface area contributed by atoms with Crippen LogP contribution in [-0.2, 0) is 5.75 Å². The molecule has 0 aliphatic rings. The van der Waals surface area contributed by atoms with E-state index in [1.54, 1.807) is 74.7 Å². The van der Waals surface area contributed by atoms with Gasteiger partial charge in [-0.1, -0.05) is 47.1 Å². The first-order valence-electron chi connectivity index (χ1n) is 12.9. The largest absolute Gasteiger partial charge is 0.493 e. The van der Waals surface area contributed by atoms with E-state index in [0.717, 1.165) is 5.56 Å². The van der Waals surface area contributed by atoms with Gasteiger partial charge in [-0.25, -0.2) is 9.97 Å². The summed E-state index contributed by atoms with van der Waals surface area (Å²) in [5.41, 5.74) is 1.82. The summed E-state index contributed by atoms with van der Waals surface area (Å²) in [5.74, 6) is 2.93. The molecule has 228 valence electrons. The summed E-state index contributed by atoms with van der Waals surface area (Å²) in [6, 6.07) is 18.0. The quantitative estimate of drug-likeness (QED) is 0.174. The smallest absolute Gasteiger partial charge is 0.292 e. The zero-order valence-corrected chi connectivity index (χ0v) is 26.5. The molecule has 10 nitrogen and oxygen atoms in total. The molecule has 13 heteroatoms. The van der Waals surface area contributed by atoms with Crippen LogP contribution in [0.5, 0.6) is 23.0 Å². The number of rotatable bonds is 9. The molecule has 0 atom stereocenters. The second-order valence-electron chi connectivity index (χ2n) is 8.79. The maximum atomic E-state index is 12.8. The van der Waals surface area contributed by atoms with Crippen molar-refractivity contribution in [1.29, 1.82) is 0 Å². The second kappa shape index (κ2) is 15.3. The minimum atomic E-state index is -0.383. The number of ether oxygens (including phenoxy) is 4. The molecule has 0 aliphatic carbocycles. The zero-order valence-electron chi connectivity index (χ0n) is 24.2. The molecule has 2 aromatic heterocycles. The lowest BCUT2D eigenvalue weighted by molar-refractivity contribution is 0.355. The highest BCUT2D eigenvalue weighted by atomic mass is 35.5. The number of thioether (sulfide) groups is 1. The SMILES string of the molecule is COc1ccc(-n2ccnc(Cl)c2=O)cc1OC.COc1ccc(-n2ccnc(SCc3ccc(Cl)cc3)c2=O)cc1OC. The first-order chi connectivity index (χ1) is 21.3. The van der Waals surface area contributed by atoms with Crippen molar-refractivity contribution < 1.29 is 18.9 Å². The monoisotopic (exact) mass is 654 g/mol. The molecule has 2 heterocycles. The average molecular weight is 656 g/mol. The molecule has 0 bridgehead atoms. The highest BCUT2D eigenvalue weighted by Gasteiger charge is 2.11. The number of methoxy groups -OCH3 is 4. The second-order valence-corrected chi connectivity index (χ2v) is 10.6. The van der Waals surface area contributed by atoms with Crippen LogP contribution in [0.25, 0.3) is 11.4 Å². The highest BCUT2D eigenvalue weighted by Crippen LogP contribution is 2.30. The third-order valence-corrected chi connectivity index (χ3v) is 7.73. The maximum absolute atomic E-state index is 12.8. The molecule has 0 saturated carbocycles. The molecular formula is C31H28Cl2N4O6S. The zero-order chi connectivity index (χ0) is 31.6. The van der Waals surface area contributed by atoms with Crippen LogP contribution in [0.3, 0.4) is 0 Å². The van der Waals surface area contributed by atoms with E-state index < -0.39 is 0 Å². The van der Waals surface area contributed by atoms with Gasteiger partial charge in [0.1, 0.15) is 0 Å². The minimum absolute atomic E-state index is 0.0766. The lowest BCUT2D eigenvalue weighted by Crippen LogP contribution is -2.20. The number of hydrogen-bond acceptors (Lipinski definition) is 9. The van der Waals surface area contributed by atoms with E-state index in [9.17, 15) is 9.59 Å². The summed E-state index contributed by atoms with van der Waals surface area (Å²) in [6.45, 7) is 0. The summed E-state index contributed by atoms with van der Waals surface area (Å²) in [5, 5.41) is 1.04. The van der Waals surface area contributed by atoms with Crippen molar-refractivity contribution >= 4 is 35.0 Å². The number of halogens is 2. The molecule has 0 N–H and O–H groups in total. The van der Waals surface area contributed by atoms with Crippen molar-refractivity contribution in [2.75, 3.05) is 28.4 Å². The fourth-order valence-corrected chi connectivity index (χ4v) is 5.10. The number of benzene rings is 3. The fourth-order valence-electron chi connectivity index (χ4n) is 3.97. The van der Waals surface area contributed by atoms with Crippen molar-refractivity contribution in [2.24, 2.45) is 0 Å². The van der Waals surface area contributed by atoms with Crippen LogP contribution < -0.4 is 30.1 Å². The molecule has 3 aromatic carbocycles. The molecule has 0 unspecified atom stereocenters. The van der Waals surface area contributed by atoms with E-state index in [1.807, 2.05) is 24.3 Å². The molecule has 0 amide bonds. The Morgan fingerprint density at radius 1 is 0.659 bits per heavy atom. The van der Waals surface area contributed by atoms with Gasteiger partial charge in [0.05, 0.1) is 39.8 Å². The van der Waals surface area contributed by atoms with Crippen LogP contribution in [0.2, 0.25) is 10.2 Å². The minimum Gasteiger partial charge on any atom is -0.493 e. The van der Waals surface area contributed by atoms with Gasteiger partial charge >= 0.3 is 0 Å². The topological polar surface area (TPSA) is 107 Å². The highest BCUT2D eigenvalue weighted by molar-refractivity contribution is 7.98. The van der Waals surface area contributed by atoms with Gasteiger partial charge < -0.3 is 18.9 Å². The summed E-state index contributed by atoms with van der Waals surface area (Å²) in [4.78, 5) is 32.5. The molecule has 5 rings (SSSR count). The van der Waals surface area contributed by atoms with Gasteiger partial charge in [-0.3, -0.25) is 18.7 Å². The average Bonchev–Trinajstić information content (AvgIpc) is 3.06. The van der Waals surface area contributed by atoms with E-state index in [2.05, 4.69) is 9.97 Å². The van der Waals surface area contributed by atoms with Crippen molar-refractivity contribution in [3.05, 3.63) is 122 Å². The van der Waals surface area contributed by atoms with E-state index in [0.29, 0.717) is 50.2 Å². The number of nitrogens with zero attached hydrogens (tertiary/aromatic N) is 4. The molecule has 0 radical (unpaired) electrons. The van der Waals surface area contributed by atoms with Gasteiger partial charge in [0.2, 0.25) is 0 Å². The van der Waals surface area contributed by atoms with Gasteiger partial charge in [-0.15, -0.1) is 0 Å². The van der Waals surface area contributed by atoms with Gasteiger partial charge in [-0.2, -0.15) is 0 Å². The Balaban J connectivity index is 0.000000215. The van der Waals surface area contributed by atoms with Crippen LogP contribution in [-0.4, -0.2) is 47.5 Å². The molecule has 0 saturated heterocycles. The molecule has 0 aliphatic heterocycles. The third kappa shape index (κ3) is 7.73. The van der Waals surface area contributed by atoms with Crippen molar-refractivity contribution in [3.63, 3.8) is 0 Å². The standard InChI is InChI=1S/C19H17ClN2O3S.C12H11ClN2O3/c1-24-16-8-7-15(11-17(16)25-2)22-10-9-21-18(19(22)23)26-12-13-3-5-14(20)6-4-13;1-17-9-4-3-8(7-10(9)18-2)15-6-5-14-11(13)12(15)16/h3-11H,12H2,1-2H3;3-7H,1-2H3. The fraction of sp³-hybridized carbons (Fsp3) is 0.161. The van der Waals surface area contributed by atoms with Crippen LogP contribution in [0.4, 0.5) is 0 Å². The Bertz CT molecular complexity index is 1850. The molecule has 5 aromatic rings. The Labute approximate surface area is 267 Å². The van der Waals surface area contributed by atoms with E-state index in [-0.39, 0.29) is 16.3 Å². The summed E-state index contributed by atoms with van der Waals surface area (Å²) in [6.07, 6.45) is 6.24. The van der Waals surface area contributed by atoms with Crippen molar-refractivity contribution in [2.45, 2.75) is 10.8 Å². The first-order valence-corrected chi connectivity index (χ1v) is 14.7. The van der Waals surface area contributed by atoms with E-state index in [4.69, 9.17) is 42.1 Å². The van der Waals surface area contributed by atoms with Crippen LogP contribution in [0.1, 0.15) is 5.56 Å². The van der Waals surface area contributed by atoms with Crippen LogP contribution in [0.15, 0.2) is 100 Å². The number of aromatic nitrogens is 4. The Morgan fingerprint density at radius 3 is 1.68 bits per heavy atom. The van der Waals surface area contributed by atoms with Gasteiger partial charge in [0.15, 0.2) is 33.2 Å². The normalized spacial score (nSPS) is 10.4. The van der Waals surface area contributed by atoms with Crippen molar-refractivity contribution in [3.8, 4) is 34.4 Å². The lowest BCUT2D eigenvalue weighted by Gasteiger charge is -2.11. The van der Waals surface area contributed by atoms with Gasteiger partial charge in [-0.05, 0) is 42.0 Å². The third-order valence-electron chi connectivity index (χ3n) is 6.19. The Hall–Kier alpha value is -4.45. The summed E-state index contributed by atoms with van der Waals surface area (Å²) < 4.78 is 23.8. The predicted molar refractivity (Wildman–Crippen MR) is 172 cm³/mol.